The molecule has 0 atom stereocenters. The van der Waals surface area contributed by atoms with Gasteiger partial charge in [0, 0.05) is 12.1 Å². The Morgan fingerprint density at radius 2 is 2.00 bits per heavy atom. The molecule has 2 aromatic carbocycles. The molecule has 0 saturated heterocycles. The standard InChI is InChI=1S/C13H7ClFNO5/c14-10-6-8(2-4-11(10)15)21-12-5-7(16(19)20)1-3-9(12)13(17)18/h1-6H,(H,17,18). The van der Waals surface area contributed by atoms with E-state index in [1.807, 2.05) is 0 Å². The maximum atomic E-state index is 13.0. The molecule has 21 heavy (non-hydrogen) atoms. The number of carboxylic acids is 1. The first-order chi connectivity index (χ1) is 9.88. The monoisotopic (exact) mass is 311 g/mol. The second kappa shape index (κ2) is 5.76. The zero-order chi connectivity index (χ0) is 15.6. The summed E-state index contributed by atoms with van der Waals surface area (Å²) in [7, 11) is 0. The van der Waals surface area contributed by atoms with Gasteiger partial charge in [0.15, 0.2) is 0 Å². The zero-order valence-electron chi connectivity index (χ0n) is 10.2. The second-order valence-electron chi connectivity index (χ2n) is 3.92. The van der Waals surface area contributed by atoms with Crippen molar-refractivity contribution in [2.24, 2.45) is 0 Å². The van der Waals surface area contributed by atoms with E-state index in [4.69, 9.17) is 21.4 Å². The fourth-order valence-electron chi connectivity index (χ4n) is 1.55. The van der Waals surface area contributed by atoms with Crippen LogP contribution in [0.25, 0.3) is 0 Å². The van der Waals surface area contributed by atoms with Crippen LogP contribution < -0.4 is 4.74 Å². The van der Waals surface area contributed by atoms with E-state index >= 15 is 0 Å². The fourth-order valence-corrected chi connectivity index (χ4v) is 1.72. The Kier molecular flexibility index (Phi) is 4.04. The number of hydrogen-bond acceptors (Lipinski definition) is 4. The topological polar surface area (TPSA) is 89.7 Å². The number of halogens is 2. The summed E-state index contributed by atoms with van der Waals surface area (Å²) in [4.78, 5) is 21.1. The van der Waals surface area contributed by atoms with Crippen LogP contribution in [0.2, 0.25) is 5.02 Å². The molecule has 0 aliphatic heterocycles. The van der Waals surface area contributed by atoms with Crippen molar-refractivity contribution < 1.29 is 24.0 Å². The van der Waals surface area contributed by atoms with Crippen LogP contribution >= 0.6 is 11.6 Å². The molecule has 108 valence electrons. The van der Waals surface area contributed by atoms with Gasteiger partial charge in [-0.25, -0.2) is 9.18 Å². The Balaban J connectivity index is 2.45. The molecule has 0 aliphatic carbocycles. The van der Waals surface area contributed by atoms with Gasteiger partial charge in [-0.15, -0.1) is 0 Å². The molecule has 2 rings (SSSR count). The Morgan fingerprint density at radius 1 is 1.29 bits per heavy atom. The first-order valence-corrected chi connectivity index (χ1v) is 5.91. The highest BCUT2D eigenvalue weighted by Crippen LogP contribution is 2.31. The number of aromatic carboxylic acids is 1. The minimum Gasteiger partial charge on any atom is -0.478 e. The van der Waals surface area contributed by atoms with Gasteiger partial charge >= 0.3 is 5.97 Å². The maximum Gasteiger partial charge on any atom is 0.339 e. The van der Waals surface area contributed by atoms with E-state index in [-0.39, 0.29) is 27.8 Å². The SMILES string of the molecule is O=C(O)c1ccc([N+](=O)[O-])cc1Oc1ccc(F)c(Cl)c1. The van der Waals surface area contributed by atoms with Crippen molar-refractivity contribution in [1.29, 1.82) is 0 Å². The molecule has 0 aliphatic rings. The van der Waals surface area contributed by atoms with Gasteiger partial charge < -0.3 is 9.84 Å². The first kappa shape index (κ1) is 14.7. The largest absolute Gasteiger partial charge is 0.478 e. The summed E-state index contributed by atoms with van der Waals surface area (Å²) in [5.74, 6) is -2.15. The molecular weight excluding hydrogens is 305 g/mol. The molecule has 0 heterocycles. The molecule has 2 aromatic rings. The van der Waals surface area contributed by atoms with Gasteiger partial charge in [0.25, 0.3) is 5.69 Å². The van der Waals surface area contributed by atoms with Crippen LogP contribution in [0.15, 0.2) is 36.4 Å². The number of non-ortho nitro benzene ring substituents is 1. The van der Waals surface area contributed by atoms with Crippen molar-refractivity contribution in [3.05, 3.63) is 62.9 Å². The smallest absolute Gasteiger partial charge is 0.339 e. The molecule has 0 radical (unpaired) electrons. The number of carboxylic acid groups (broad SMARTS) is 1. The summed E-state index contributed by atoms with van der Waals surface area (Å²) < 4.78 is 18.3. The van der Waals surface area contributed by atoms with Crippen molar-refractivity contribution in [2.75, 3.05) is 0 Å². The number of benzene rings is 2. The lowest BCUT2D eigenvalue weighted by molar-refractivity contribution is -0.384. The summed E-state index contributed by atoms with van der Waals surface area (Å²) in [6.45, 7) is 0. The van der Waals surface area contributed by atoms with Crippen LogP contribution in [0, 0.1) is 15.9 Å². The highest BCUT2D eigenvalue weighted by molar-refractivity contribution is 6.30. The number of nitro benzene ring substituents is 1. The van der Waals surface area contributed by atoms with Gasteiger partial charge in [-0.2, -0.15) is 0 Å². The number of nitro groups is 1. The van der Waals surface area contributed by atoms with Crippen LogP contribution in [0.4, 0.5) is 10.1 Å². The van der Waals surface area contributed by atoms with Gasteiger partial charge in [-0.05, 0) is 18.2 Å². The summed E-state index contributed by atoms with van der Waals surface area (Å²) >= 11 is 5.58. The van der Waals surface area contributed by atoms with Crippen molar-refractivity contribution in [3.63, 3.8) is 0 Å². The molecular formula is C13H7ClFNO5. The van der Waals surface area contributed by atoms with Gasteiger partial charge in [0.05, 0.1) is 16.0 Å². The quantitative estimate of drug-likeness (QED) is 0.683. The van der Waals surface area contributed by atoms with Crippen LogP contribution in [-0.2, 0) is 0 Å². The zero-order valence-corrected chi connectivity index (χ0v) is 11.0. The van der Waals surface area contributed by atoms with E-state index in [0.717, 1.165) is 30.3 Å². The van der Waals surface area contributed by atoms with E-state index in [1.54, 1.807) is 0 Å². The van der Waals surface area contributed by atoms with Crippen molar-refractivity contribution in [3.8, 4) is 11.5 Å². The molecule has 0 saturated carbocycles. The number of rotatable bonds is 4. The molecule has 8 heteroatoms. The Hall–Kier alpha value is -2.67. The summed E-state index contributed by atoms with van der Waals surface area (Å²) in [5.41, 5.74) is -0.593. The van der Waals surface area contributed by atoms with Crippen molar-refractivity contribution in [1.82, 2.24) is 0 Å². The highest BCUT2D eigenvalue weighted by atomic mass is 35.5. The minimum atomic E-state index is -1.31. The molecule has 6 nitrogen and oxygen atoms in total. The van der Waals surface area contributed by atoms with Gasteiger partial charge in [0.1, 0.15) is 22.9 Å². The molecule has 0 unspecified atom stereocenters. The minimum absolute atomic E-state index is 0.0596. The molecule has 0 fully saturated rings. The third-order valence-electron chi connectivity index (χ3n) is 2.53. The number of nitrogens with zero attached hydrogens (tertiary/aromatic N) is 1. The fraction of sp³-hybridized carbons (Fsp3) is 0. The van der Waals surface area contributed by atoms with Crippen LogP contribution in [0.3, 0.4) is 0 Å². The molecule has 0 bridgehead atoms. The summed E-state index contributed by atoms with van der Waals surface area (Å²) in [6, 6.07) is 6.48. The highest BCUT2D eigenvalue weighted by Gasteiger charge is 2.17. The third kappa shape index (κ3) is 3.26. The van der Waals surface area contributed by atoms with Crippen molar-refractivity contribution in [2.45, 2.75) is 0 Å². The lowest BCUT2D eigenvalue weighted by Gasteiger charge is -2.09. The second-order valence-corrected chi connectivity index (χ2v) is 4.33. The molecule has 1 N–H and O–H groups in total. The Labute approximate surface area is 122 Å². The maximum absolute atomic E-state index is 13.0. The lowest BCUT2D eigenvalue weighted by Crippen LogP contribution is -2.01. The van der Waals surface area contributed by atoms with Crippen molar-refractivity contribution >= 4 is 23.3 Å². The van der Waals surface area contributed by atoms with E-state index < -0.39 is 16.7 Å². The average molecular weight is 312 g/mol. The Bertz CT molecular complexity index is 734. The lowest BCUT2D eigenvalue weighted by atomic mass is 10.2. The third-order valence-corrected chi connectivity index (χ3v) is 2.81. The van der Waals surface area contributed by atoms with Crippen LogP contribution in [-0.4, -0.2) is 16.0 Å². The predicted octanol–water partition coefficient (Wildman–Crippen LogP) is 3.88. The van der Waals surface area contributed by atoms with Gasteiger partial charge in [-0.3, -0.25) is 10.1 Å². The van der Waals surface area contributed by atoms with E-state index in [1.165, 1.54) is 6.07 Å². The normalized spacial score (nSPS) is 10.2. The van der Waals surface area contributed by atoms with E-state index in [2.05, 4.69) is 0 Å². The number of hydrogen-bond donors (Lipinski definition) is 1. The number of ether oxygens (including phenoxy) is 1. The molecule has 0 amide bonds. The van der Waals surface area contributed by atoms with Crippen LogP contribution in [0.1, 0.15) is 10.4 Å². The van der Waals surface area contributed by atoms with Gasteiger partial charge in [-0.1, -0.05) is 11.6 Å². The summed E-state index contributed by atoms with van der Waals surface area (Å²) in [6.07, 6.45) is 0. The van der Waals surface area contributed by atoms with Gasteiger partial charge in [0.2, 0.25) is 0 Å². The predicted molar refractivity (Wildman–Crippen MR) is 71.5 cm³/mol. The van der Waals surface area contributed by atoms with E-state index in [9.17, 15) is 19.3 Å². The summed E-state index contributed by atoms with van der Waals surface area (Å²) in [5, 5.41) is 19.5. The molecule has 0 spiro atoms. The average Bonchev–Trinajstić information content (AvgIpc) is 2.42. The molecule has 0 aromatic heterocycles. The number of carbonyl (C=O) groups is 1. The van der Waals surface area contributed by atoms with E-state index in [0.29, 0.717) is 0 Å². The van der Waals surface area contributed by atoms with Crippen LogP contribution in [0.5, 0.6) is 11.5 Å². The first-order valence-electron chi connectivity index (χ1n) is 5.53. The Morgan fingerprint density at radius 3 is 2.57 bits per heavy atom.